The second kappa shape index (κ2) is 10.4. The Morgan fingerprint density at radius 2 is 1.86 bits per heavy atom. The lowest BCUT2D eigenvalue weighted by Gasteiger charge is -2.09. The molecule has 0 aliphatic heterocycles. The summed E-state index contributed by atoms with van der Waals surface area (Å²) in [7, 11) is 3.06. The monoisotopic (exact) mass is 424 g/mol. The summed E-state index contributed by atoms with van der Waals surface area (Å²) in [5, 5.41) is 9.23. The molecular weight excluding hydrogens is 407 g/mol. The van der Waals surface area contributed by atoms with Gasteiger partial charge >= 0.3 is 6.03 Å². The van der Waals surface area contributed by atoms with E-state index in [0.29, 0.717) is 27.8 Å². The fraction of sp³-hybridized carbons (Fsp3) is 0.167. The fourth-order valence-electron chi connectivity index (χ4n) is 2.08. The number of hydrogen-bond acceptors (Lipinski definition) is 5. The second-order valence-corrected chi connectivity index (χ2v) is 6.10. The van der Waals surface area contributed by atoms with Crippen LogP contribution in [0, 0.1) is 0 Å². The number of ether oxygens (including phenoxy) is 2. The van der Waals surface area contributed by atoms with Crippen LogP contribution in [0.3, 0.4) is 0 Å². The van der Waals surface area contributed by atoms with Crippen LogP contribution in [0.15, 0.2) is 41.5 Å². The summed E-state index contributed by atoms with van der Waals surface area (Å²) in [6.45, 7) is -0.284. The zero-order valence-corrected chi connectivity index (χ0v) is 16.6. The number of hydrogen-bond donors (Lipinski definition) is 3. The van der Waals surface area contributed by atoms with Crippen molar-refractivity contribution in [3.05, 3.63) is 52.0 Å². The first-order valence-electron chi connectivity index (χ1n) is 7.97. The number of urea groups is 1. The van der Waals surface area contributed by atoms with Crippen LogP contribution in [0.4, 0.5) is 10.5 Å². The van der Waals surface area contributed by atoms with E-state index in [9.17, 15) is 9.59 Å². The molecule has 0 saturated carbocycles. The van der Waals surface area contributed by atoms with Gasteiger partial charge in [-0.3, -0.25) is 4.79 Å². The van der Waals surface area contributed by atoms with Gasteiger partial charge in [-0.2, -0.15) is 5.10 Å². The van der Waals surface area contributed by atoms with E-state index < -0.39 is 11.9 Å². The molecule has 0 unspecified atom stereocenters. The van der Waals surface area contributed by atoms with Crippen LogP contribution < -0.4 is 25.5 Å². The first-order valence-corrected chi connectivity index (χ1v) is 8.73. The molecule has 0 heterocycles. The van der Waals surface area contributed by atoms with Crippen molar-refractivity contribution in [3.8, 4) is 11.5 Å². The van der Waals surface area contributed by atoms with Crippen molar-refractivity contribution >= 4 is 47.0 Å². The van der Waals surface area contributed by atoms with Gasteiger partial charge in [-0.1, -0.05) is 29.3 Å². The van der Waals surface area contributed by atoms with E-state index in [1.807, 2.05) is 0 Å². The first kappa shape index (κ1) is 21.3. The van der Waals surface area contributed by atoms with E-state index in [4.69, 9.17) is 32.7 Å². The lowest BCUT2D eigenvalue weighted by molar-refractivity contribution is -0.120. The summed E-state index contributed by atoms with van der Waals surface area (Å²) in [6.07, 6.45) is 1.44. The van der Waals surface area contributed by atoms with E-state index in [1.165, 1.54) is 20.4 Å². The van der Waals surface area contributed by atoms with E-state index >= 15 is 0 Å². The zero-order chi connectivity index (χ0) is 20.5. The molecular formula is C18H18Cl2N4O4. The van der Waals surface area contributed by atoms with Crippen LogP contribution in [0.25, 0.3) is 0 Å². The van der Waals surface area contributed by atoms with Gasteiger partial charge in [0.25, 0.3) is 5.91 Å². The molecule has 0 aliphatic rings. The summed E-state index contributed by atoms with van der Waals surface area (Å²) < 4.78 is 10.3. The molecule has 2 aromatic rings. The third kappa shape index (κ3) is 6.04. The largest absolute Gasteiger partial charge is 0.493 e. The van der Waals surface area contributed by atoms with Crippen molar-refractivity contribution in [3.63, 3.8) is 0 Å². The lowest BCUT2D eigenvalue weighted by atomic mass is 10.2. The SMILES string of the molecule is COc1ccc(C=NNC(=O)CNC(=O)Nc2cccc(Cl)c2Cl)cc1OC. The summed E-state index contributed by atoms with van der Waals surface area (Å²) in [5.74, 6) is 0.610. The minimum absolute atomic E-state index is 0.211. The minimum atomic E-state index is -0.608. The fourth-order valence-corrected chi connectivity index (χ4v) is 2.43. The van der Waals surface area contributed by atoms with Crippen molar-refractivity contribution in [2.45, 2.75) is 0 Å². The van der Waals surface area contributed by atoms with E-state index in [0.717, 1.165) is 0 Å². The maximum Gasteiger partial charge on any atom is 0.319 e. The number of nitrogens with zero attached hydrogens (tertiary/aromatic N) is 1. The Kier molecular flexibility index (Phi) is 7.91. The number of benzene rings is 2. The van der Waals surface area contributed by atoms with Crippen molar-refractivity contribution < 1.29 is 19.1 Å². The van der Waals surface area contributed by atoms with Crippen LogP contribution in [-0.2, 0) is 4.79 Å². The molecule has 0 radical (unpaired) electrons. The average molecular weight is 425 g/mol. The maximum absolute atomic E-state index is 11.8. The van der Waals surface area contributed by atoms with Crippen molar-refractivity contribution in [1.82, 2.24) is 10.7 Å². The molecule has 3 N–H and O–H groups in total. The summed E-state index contributed by atoms with van der Waals surface area (Å²) in [4.78, 5) is 23.6. The average Bonchev–Trinajstić information content (AvgIpc) is 2.69. The highest BCUT2D eigenvalue weighted by atomic mass is 35.5. The molecule has 0 saturated heterocycles. The van der Waals surface area contributed by atoms with Gasteiger partial charge in [0, 0.05) is 0 Å². The number of rotatable bonds is 7. The van der Waals surface area contributed by atoms with Gasteiger partial charge in [-0.15, -0.1) is 0 Å². The number of amides is 3. The summed E-state index contributed by atoms with van der Waals surface area (Å²) in [6, 6.07) is 9.38. The van der Waals surface area contributed by atoms with Gasteiger partial charge in [-0.25, -0.2) is 10.2 Å². The van der Waals surface area contributed by atoms with Crippen LogP contribution in [0.1, 0.15) is 5.56 Å². The molecule has 2 aromatic carbocycles. The summed E-state index contributed by atoms with van der Waals surface area (Å²) in [5.41, 5.74) is 3.33. The smallest absolute Gasteiger partial charge is 0.319 e. The lowest BCUT2D eigenvalue weighted by Crippen LogP contribution is -2.37. The highest BCUT2D eigenvalue weighted by Crippen LogP contribution is 2.29. The van der Waals surface area contributed by atoms with Gasteiger partial charge < -0.3 is 20.1 Å². The van der Waals surface area contributed by atoms with Gasteiger partial charge in [0.05, 0.1) is 36.2 Å². The molecule has 0 aromatic heterocycles. The Hall–Kier alpha value is -2.97. The van der Waals surface area contributed by atoms with E-state index in [-0.39, 0.29) is 11.6 Å². The first-order chi connectivity index (χ1) is 13.4. The van der Waals surface area contributed by atoms with E-state index in [1.54, 1.807) is 36.4 Å². The number of carbonyl (C=O) groups excluding carboxylic acids is 2. The zero-order valence-electron chi connectivity index (χ0n) is 15.1. The quantitative estimate of drug-likeness (QED) is 0.468. The van der Waals surface area contributed by atoms with Crippen molar-refractivity contribution in [2.24, 2.45) is 5.10 Å². The number of halogens is 2. The minimum Gasteiger partial charge on any atom is -0.493 e. The van der Waals surface area contributed by atoms with Gasteiger partial charge in [0.15, 0.2) is 11.5 Å². The van der Waals surface area contributed by atoms with Crippen LogP contribution in [0.5, 0.6) is 11.5 Å². The molecule has 8 nitrogen and oxygen atoms in total. The molecule has 0 spiro atoms. The molecule has 2 rings (SSSR count). The van der Waals surface area contributed by atoms with E-state index in [2.05, 4.69) is 21.2 Å². The molecule has 0 aliphatic carbocycles. The Labute approximate surface area is 171 Å². The van der Waals surface area contributed by atoms with Crippen LogP contribution in [0.2, 0.25) is 10.0 Å². The Morgan fingerprint density at radius 3 is 2.57 bits per heavy atom. The number of anilines is 1. The molecule has 148 valence electrons. The molecule has 10 heteroatoms. The van der Waals surface area contributed by atoms with Crippen LogP contribution >= 0.6 is 23.2 Å². The highest BCUT2D eigenvalue weighted by Gasteiger charge is 2.09. The van der Waals surface area contributed by atoms with Crippen LogP contribution in [-0.4, -0.2) is 38.9 Å². The predicted molar refractivity (Wildman–Crippen MR) is 109 cm³/mol. The highest BCUT2D eigenvalue weighted by molar-refractivity contribution is 6.43. The number of methoxy groups -OCH3 is 2. The molecule has 0 atom stereocenters. The normalized spacial score (nSPS) is 10.4. The number of hydrazone groups is 1. The van der Waals surface area contributed by atoms with Gasteiger partial charge in [0.1, 0.15) is 6.54 Å². The standard InChI is InChI=1S/C18H18Cl2N4O4/c1-27-14-7-6-11(8-15(14)28-2)9-22-24-16(25)10-21-18(26)23-13-5-3-4-12(19)17(13)20/h3-9H,10H2,1-2H3,(H,24,25)(H2,21,23,26). The number of nitrogens with one attached hydrogen (secondary N) is 3. The van der Waals surface area contributed by atoms with Gasteiger partial charge in [-0.05, 0) is 35.9 Å². The topological polar surface area (TPSA) is 101 Å². The molecule has 0 bridgehead atoms. The van der Waals surface area contributed by atoms with Crippen molar-refractivity contribution in [1.29, 1.82) is 0 Å². The Morgan fingerprint density at radius 1 is 1.11 bits per heavy atom. The third-order valence-corrected chi connectivity index (χ3v) is 4.24. The maximum atomic E-state index is 11.8. The Balaban J connectivity index is 1.81. The summed E-state index contributed by atoms with van der Waals surface area (Å²) >= 11 is 11.8. The van der Waals surface area contributed by atoms with Crippen molar-refractivity contribution in [2.75, 3.05) is 26.1 Å². The molecule has 28 heavy (non-hydrogen) atoms. The second-order valence-electron chi connectivity index (χ2n) is 5.32. The molecule has 3 amide bonds. The Bertz CT molecular complexity index is 890. The molecule has 0 fully saturated rings. The number of carbonyl (C=O) groups is 2. The van der Waals surface area contributed by atoms with Gasteiger partial charge in [0.2, 0.25) is 0 Å². The third-order valence-electron chi connectivity index (χ3n) is 3.42. The predicted octanol–water partition coefficient (Wildman–Crippen LogP) is 3.28.